The Hall–Kier alpha value is -2.40. The second kappa shape index (κ2) is 10.5. The molecule has 0 spiro atoms. The number of hydrogen-bond acceptors (Lipinski definition) is 3. The fourth-order valence-corrected chi connectivity index (χ4v) is 2.59. The molecule has 25 heavy (non-hydrogen) atoms. The molecule has 0 unspecified atom stereocenters. The van der Waals surface area contributed by atoms with E-state index in [9.17, 15) is 9.18 Å². The van der Waals surface area contributed by atoms with Crippen molar-refractivity contribution in [3.63, 3.8) is 0 Å². The Morgan fingerprint density at radius 1 is 0.960 bits per heavy atom. The third-order valence-corrected chi connectivity index (χ3v) is 3.97. The third kappa shape index (κ3) is 6.55. The van der Waals surface area contributed by atoms with Crippen LogP contribution in [0, 0.1) is 5.82 Å². The molecule has 0 aliphatic heterocycles. The highest BCUT2D eigenvalue weighted by molar-refractivity contribution is 5.76. The monoisotopic (exact) mass is 344 g/mol. The first-order valence-corrected chi connectivity index (χ1v) is 8.53. The smallest absolute Gasteiger partial charge is 0.221 e. The molecule has 0 fully saturated rings. The second-order valence-electron chi connectivity index (χ2n) is 5.75. The molecule has 1 amide bonds. The molecule has 2 N–H and O–H groups in total. The van der Waals surface area contributed by atoms with Crippen molar-refractivity contribution in [1.82, 2.24) is 10.6 Å². The minimum Gasteiger partial charge on any atom is -0.496 e. The molecule has 0 atom stereocenters. The van der Waals surface area contributed by atoms with Crippen molar-refractivity contribution in [2.75, 3.05) is 26.7 Å². The number of halogens is 1. The average molecular weight is 344 g/mol. The maximum atomic E-state index is 13.5. The number of hydrogen-bond donors (Lipinski definition) is 2. The van der Waals surface area contributed by atoms with E-state index in [1.54, 1.807) is 19.2 Å². The van der Waals surface area contributed by atoms with E-state index in [1.807, 2.05) is 30.3 Å². The number of rotatable bonds is 10. The lowest BCUT2D eigenvalue weighted by atomic mass is 10.1. The number of benzene rings is 2. The molecule has 0 aliphatic rings. The van der Waals surface area contributed by atoms with E-state index in [0.717, 1.165) is 17.7 Å². The fraction of sp³-hybridized carbons (Fsp3) is 0.350. The summed E-state index contributed by atoms with van der Waals surface area (Å²) in [6.45, 7) is 1.80. The Morgan fingerprint density at radius 2 is 1.64 bits per heavy atom. The van der Waals surface area contributed by atoms with Gasteiger partial charge in [-0.1, -0.05) is 36.4 Å². The molecule has 5 heteroatoms. The van der Waals surface area contributed by atoms with Crippen LogP contribution in [0.2, 0.25) is 0 Å². The molecule has 2 aromatic rings. The molecule has 2 aromatic carbocycles. The largest absolute Gasteiger partial charge is 0.496 e. The predicted octanol–water partition coefficient (Wildman–Crippen LogP) is 2.72. The molecule has 0 heterocycles. The summed E-state index contributed by atoms with van der Waals surface area (Å²) < 4.78 is 18.7. The van der Waals surface area contributed by atoms with Gasteiger partial charge in [0.1, 0.15) is 11.6 Å². The van der Waals surface area contributed by atoms with Crippen molar-refractivity contribution >= 4 is 5.91 Å². The molecule has 0 radical (unpaired) electrons. The lowest BCUT2D eigenvalue weighted by Crippen LogP contribution is -2.30. The first-order chi connectivity index (χ1) is 12.2. The topological polar surface area (TPSA) is 50.4 Å². The fourth-order valence-electron chi connectivity index (χ4n) is 2.59. The van der Waals surface area contributed by atoms with Crippen LogP contribution in [0.1, 0.15) is 17.5 Å². The van der Waals surface area contributed by atoms with E-state index in [2.05, 4.69) is 10.6 Å². The van der Waals surface area contributed by atoms with E-state index < -0.39 is 0 Å². The minimum absolute atomic E-state index is 0.00768. The number of carbonyl (C=O) groups is 1. The van der Waals surface area contributed by atoms with Crippen molar-refractivity contribution < 1.29 is 13.9 Å². The highest BCUT2D eigenvalue weighted by Crippen LogP contribution is 2.17. The molecule has 2 rings (SSSR count). The maximum Gasteiger partial charge on any atom is 0.221 e. The lowest BCUT2D eigenvalue weighted by molar-refractivity contribution is -0.120. The van der Waals surface area contributed by atoms with Crippen LogP contribution in [-0.2, 0) is 17.6 Å². The number of nitrogens with one attached hydrogen (secondary N) is 2. The molecule has 134 valence electrons. The van der Waals surface area contributed by atoms with Crippen molar-refractivity contribution in [1.29, 1.82) is 0 Å². The van der Waals surface area contributed by atoms with Crippen molar-refractivity contribution in [2.45, 2.75) is 19.3 Å². The van der Waals surface area contributed by atoms with Gasteiger partial charge in [-0.05, 0) is 42.6 Å². The predicted molar refractivity (Wildman–Crippen MR) is 97.3 cm³/mol. The summed E-state index contributed by atoms with van der Waals surface area (Å²) in [6, 6.07) is 14.5. The molecular formula is C20H25FN2O2. The Morgan fingerprint density at radius 3 is 2.40 bits per heavy atom. The van der Waals surface area contributed by atoms with Crippen LogP contribution in [-0.4, -0.2) is 32.7 Å². The summed E-state index contributed by atoms with van der Waals surface area (Å²) in [5.74, 6) is 0.665. The zero-order valence-corrected chi connectivity index (χ0v) is 14.6. The van der Waals surface area contributed by atoms with E-state index in [-0.39, 0.29) is 11.7 Å². The molecular weight excluding hydrogens is 319 g/mol. The average Bonchev–Trinajstić information content (AvgIpc) is 2.63. The highest BCUT2D eigenvalue weighted by atomic mass is 19.1. The highest BCUT2D eigenvalue weighted by Gasteiger charge is 2.04. The van der Waals surface area contributed by atoms with Crippen LogP contribution < -0.4 is 15.4 Å². The zero-order valence-electron chi connectivity index (χ0n) is 14.6. The van der Waals surface area contributed by atoms with Gasteiger partial charge in [-0.3, -0.25) is 4.79 Å². The van der Waals surface area contributed by atoms with Gasteiger partial charge in [0.15, 0.2) is 0 Å². The first-order valence-electron chi connectivity index (χ1n) is 8.53. The van der Waals surface area contributed by atoms with Crippen molar-refractivity contribution in [3.05, 3.63) is 65.5 Å². The molecule has 0 bridgehead atoms. The van der Waals surface area contributed by atoms with Crippen LogP contribution in [0.3, 0.4) is 0 Å². The Labute approximate surface area is 148 Å². The van der Waals surface area contributed by atoms with Gasteiger partial charge in [-0.2, -0.15) is 0 Å². The number of ether oxygens (including phenoxy) is 1. The van der Waals surface area contributed by atoms with Crippen LogP contribution in [0.15, 0.2) is 48.5 Å². The summed E-state index contributed by atoms with van der Waals surface area (Å²) in [6.07, 6.45) is 1.75. The van der Waals surface area contributed by atoms with Gasteiger partial charge in [0.2, 0.25) is 5.91 Å². The van der Waals surface area contributed by atoms with Gasteiger partial charge in [0, 0.05) is 19.5 Å². The van der Waals surface area contributed by atoms with Crippen LogP contribution >= 0.6 is 0 Å². The molecule has 0 aliphatic carbocycles. The minimum atomic E-state index is -0.182. The van der Waals surface area contributed by atoms with Gasteiger partial charge < -0.3 is 15.4 Å². The maximum absolute atomic E-state index is 13.5. The van der Waals surface area contributed by atoms with E-state index in [0.29, 0.717) is 38.0 Å². The Balaban J connectivity index is 1.57. The SMILES string of the molecule is COc1ccccc1CCNC(=O)CCNCCc1ccccc1F. The third-order valence-electron chi connectivity index (χ3n) is 3.97. The molecule has 4 nitrogen and oxygen atoms in total. The Bertz CT molecular complexity index is 676. The van der Waals surface area contributed by atoms with Gasteiger partial charge in [0.05, 0.1) is 7.11 Å². The van der Waals surface area contributed by atoms with Gasteiger partial charge in [-0.25, -0.2) is 4.39 Å². The van der Waals surface area contributed by atoms with E-state index in [1.165, 1.54) is 6.07 Å². The number of amides is 1. The second-order valence-corrected chi connectivity index (χ2v) is 5.75. The van der Waals surface area contributed by atoms with Crippen LogP contribution in [0.25, 0.3) is 0 Å². The van der Waals surface area contributed by atoms with E-state index in [4.69, 9.17) is 4.74 Å². The van der Waals surface area contributed by atoms with E-state index >= 15 is 0 Å². The van der Waals surface area contributed by atoms with Gasteiger partial charge in [-0.15, -0.1) is 0 Å². The summed E-state index contributed by atoms with van der Waals surface area (Å²) in [5.41, 5.74) is 1.77. The summed E-state index contributed by atoms with van der Waals surface area (Å²) in [5, 5.41) is 6.08. The van der Waals surface area contributed by atoms with Gasteiger partial charge in [0.25, 0.3) is 0 Å². The van der Waals surface area contributed by atoms with Crippen LogP contribution in [0.5, 0.6) is 5.75 Å². The summed E-state index contributed by atoms with van der Waals surface area (Å²) in [7, 11) is 1.64. The summed E-state index contributed by atoms with van der Waals surface area (Å²) in [4.78, 5) is 11.8. The quantitative estimate of drug-likeness (QED) is 0.652. The van der Waals surface area contributed by atoms with Crippen molar-refractivity contribution in [3.8, 4) is 5.75 Å². The zero-order chi connectivity index (χ0) is 17.9. The summed E-state index contributed by atoms with van der Waals surface area (Å²) >= 11 is 0. The molecule has 0 saturated heterocycles. The lowest BCUT2D eigenvalue weighted by Gasteiger charge is -2.09. The van der Waals surface area contributed by atoms with Gasteiger partial charge >= 0.3 is 0 Å². The molecule has 0 aromatic heterocycles. The Kier molecular flexibility index (Phi) is 7.92. The molecule has 0 saturated carbocycles. The first kappa shape index (κ1) is 18.9. The normalized spacial score (nSPS) is 10.5. The van der Waals surface area contributed by atoms with Crippen molar-refractivity contribution in [2.24, 2.45) is 0 Å². The standard InChI is InChI=1S/C20H25FN2O2/c1-25-19-9-5-3-7-17(19)11-15-23-20(24)12-14-22-13-10-16-6-2-4-8-18(16)21/h2-9,22H,10-15H2,1H3,(H,23,24). The number of methoxy groups -OCH3 is 1. The number of carbonyl (C=O) groups excluding carboxylic acids is 1. The number of para-hydroxylation sites is 1. The van der Waals surface area contributed by atoms with Crippen LogP contribution in [0.4, 0.5) is 4.39 Å².